The minimum absolute atomic E-state index is 0.426. The Bertz CT molecular complexity index is 1190. The van der Waals surface area contributed by atoms with Gasteiger partial charge < -0.3 is 16.5 Å². The molecule has 0 aliphatic rings. The van der Waals surface area contributed by atoms with Gasteiger partial charge in [0, 0.05) is 10.8 Å². The summed E-state index contributed by atoms with van der Waals surface area (Å²) in [6.07, 6.45) is 1.94. The molecule has 0 radical (unpaired) electrons. The highest BCUT2D eigenvalue weighted by atomic mass is 32.2. The Labute approximate surface area is 166 Å². The minimum Gasteiger partial charge on any atom is -0.383 e. The van der Waals surface area contributed by atoms with Gasteiger partial charge in [0.15, 0.2) is 9.93 Å². The number of nitrogen functional groups attached to an aromatic ring is 2. The molecule has 0 aliphatic carbocycles. The van der Waals surface area contributed by atoms with E-state index in [0.717, 1.165) is 27.0 Å². The predicted molar refractivity (Wildman–Crippen MR) is 117 cm³/mol. The summed E-state index contributed by atoms with van der Waals surface area (Å²) in [4.78, 5) is 15.5. The van der Waals surface area contributed by atoms with Crippen LogP contribution in [0.2, 0.25) is 0 Å². The second-order valence-electron chi connectivity index (χ2n) is 6.09. The number of hydrogen-bond donors (Lipinski definition) is 3. The molecule has 0 amide bonds. The Morgan fingerprint density at radius 3 is 2.22 bits per heavy atom. The fraction of sp³-hybridized carbons (Fsp3) is 0.158. The predicted octanol–water partition coefficient (Wildman–Crippen LogP) is 4.43. The highest BCUT2D eigenvalue weighted by Crippen LogP contribution is 2.22. The quantitative estimate of drug-likeness (QED) is 0.248. The normalized spacial score (nSPS) is 10.6. The van der Waals surface area contributed by atoms with Crippen LogP contribution < -0.4 is 11.5 Å². The molecule has 6 nitrogen and oxygen atoms in total. The van der Waals surface area contributed by atoms with Gasteiger partial charge in [-0.25, -0.2) is 15.0 Å². The zero-order valence-corrected chi connectivity index (χ0v) is 16.9. The highest BCUT2D eigenvalue weighted by molar-refractivity contribution is 7.98. The van der Waals surface area contributed by atoms with E-state index in [4.69, 9.17) is 23.7 Å². The van der Waals surface area contributed by atoms with Crippen LogP contribution in [0.3, 0.4) is 0 Å². The van der Waals surface area contributed by atoms with E-state index < -0.39 is 0 Å². The third-order valence-electron chi connectivity index (χ3n) is 3.96. The van der Waals surface area contributed by atoms with E-state index in [0.29, 0.717) is 16.4 Å². The van der Waals surface area contributed by atoms with Gasteiger partial charge in [-0.15, -0.1) is 0 Å². The van der Waals surface area contributed by atoms with E-state index in [2.05, 4.69) is 19.9 Å². The lowest BCUT2D eigenvalue weighted by molar-refractivity contribution is 1.01. The summed E-state index contributed by atoms with van der Waals surface area (Å²) in [6.45, 7) is 4.06. The van der Waals surface area contributed by atoms with Crippen LogP contribution in [0.15, 0.2) is 41.6 Å². The maximum atomic E-state index is 5.82. The molecule has 5 N–H and O–H groups in total. The molecular formula is C19H20N6S2. The van der Waals surface area contributed by atoms with Gasteiger partial charge in [-0.1, -0.05) is 23.9 Å². The zero-order chi connectivity index (χ0) is 19.6. The Morgan fingerprint density at radius 1 is 0.889 bits per heavy atom. The first-order valence-electron chi connectivity index (χ1n) is 8.21. The fourth-order valence-corrected chi connectivity index (χ4v) is 3.22. The summed E-state index contributed by atoms with van der Waals surface area (Å²) in [7, 11) is 0. The van der Waals surface area contributed by atoms with Gasteiger partial charge in [0.2, 0.25) is 0 Å². The smallest absolute Gasteiger partial charge is 0.199 e. The van der Waals surface area contributed by atoms with Crippen LogP contribution in [-0.2, 0) is 0 Å². The van der Waals surface area contributed by atoms with E-state index in [-0.39, 0.29) is 0 Å². The largest absolute Gasteiger partial charge is 0.383 e. The lowest BCUT2D eigenvalue weighted by Crippen LogP contribution is -1.96. The number of thioether (sulfide) groups is 1. The van der Waals surface area contributed by atoms with Gasteiger partial charge in [0.05, 0.1) is 11.0 Å². The molecular weight excluding hydrogens is 376 g/mol. The number of rotatable bonds is 1. The van der Waals surface area contributed by atoms with Crippen LogP contribution in [0.25, 0.3) is 21.8 Å². The monoisotopic (exact) mass is 396 g/mol. The minimum atomic E-state index is 0.426. The number of H-pyrrole nitrogens is 1. The summed E-state index contributed by atoms with van der Waals surface area (Å²) < 4.78 is 0.426. The van der Waals surface area contributed by atoms with Crippen LogP contribution in [-0.4, -0.2) is 26.2 Å². The first kappa shape index (κ1) is 19.1. The molecule has 0 saturated carbocycles. The SMILES string of the molecule is CSc1nc(N)c2ccc(C)cc2n1.Cc1ccc2c(N)nc(=S)[nH]c2c1. The van der Waals surface area contributed by atoms with Gasteiger partial charge in [0.25, 0.3) is 0 Å². The number of anilines is 2. The van der Waals surface area contributed by atoms with Gasteiger partial charge in [-0.3, -0.25) is 0 Å². The summed E-state index contributed by atoms with van der Waals surface area (Å²) in [5.41, 5.74) is 15.7. The summed E-state index contributed by atoms with van der Waals surface area (Å²) in [5, 5.41) is 2.56. The lowest BCUT2D eigenvalue weighted by atomic mass is 10.2. The van der Waals surface area contributed by atoms with Crippen LogP contribution >= 0.6 is 24.0 Å². The maximum Gasteiger partial charge on any atom is 0.199 e. The Balaban J connectivity index is 0.000000156. The fourth-order valence-electron chi connectivity index (χ4n) is 2.63. The van der Waals surface area contributed by atoms with E-state index in [1.807, 2.05) is 56.5 Å². The van der Waals surface area contributed by atoms with E-state index in [9.17, 15) is 0 Å². The number of aromatic amines is 1. The number of hydrogen-bond acceptors (Lipinski definition) is 7. The van der Waals surface area contributed by atoms with Crippen molar-refractivity contribution in [2.75, 3.05) is 17.7 Å². The topological polar surface area (TPSA) is 106 Å². The number of aromatic nitrogens is 4. The first-order valence-corrected chi connectivity index (χ1v) is 9.84. The van der Waals surface area contributed by atoms with Crippen molar-refractivity contribution in [1.29, 1.82) is 0 Å². The van der Waals surface area contributed by atoms with Crippen molar-refractivity contribution >= 4 is 57.4 Å². The number of nitrogens with one attached hydrogen (secondary N) is 1. The van der Waals surface area contributed by atoms with Gasteiger partial charge in [-0.05, 0) is 67.7 Å². The Morgan fingerprint density at radius 2 is 1.52 bits per heavy atom. The molecule has 0 fully saturated rings. The van der Waals surface area contributed by atoms with E-state index in [1.54, 1.807) is 0 Å². The Kier molecular flexibility index (Phi) is 5.57. The molecule has 2 heterocycles. The van der Waals surface area contributed by atoms with Crippen molar-refractivity contribution in [2.24, 2.45) is 0 Å². The molecule has 27 heavy (non-hydrogen) atoms. The second kappa shape index (κ2) is 7.89. The summed E-state index contributed by atoms with van der Waals surface area (Å²) >= 11 is 6.43. The molecule has 138 valence electrons. The highest BCUT2D eigenvalue weighted by Gasteiger charge is 2.04. The average Bonchev–Trinajstić information content (AvgIpc) is 2.61. The van der Waals surface area contributed by atoms with Crippen molar-refractivity contribution < 1.29 is 0 Å². The van der Waals surface area contributed by atoms with Crippen molar-refractivity contribution in [1.82, 2.24) is 19.9 Å². The van der Waals surface area contributed by atoms with Crippen LogP contribution in [0, 0.1) is 18.6 Å². The lowest BCUT2D eigenvalue weighted by Gasteiger charge is -2.03. The third-order valence-corrected chi connectivity index (χ3v) is 4.70. The molecule has 2 aromatic heterocycles. The molecule has 4 aromatic rings. The molecule has 2 aromatic carbocycles. The van der Waals surface area contributed by atoms with Gasteiger partial charge in [0.1, 0.15) is 11.6 Å². The molecule has 0 bridgehead atoms. The number of fused-ring (bicyclic) bond motifs is 2. The molecule has 0 aliphatic heterocycles. The number of aryl methyl sites for hydroxylation is 2. The van der Waals surface area contributed by atoms with Crippen molar-refractivity contribution in [3.05, 3.63) is 52.3 Å². The second-order valence-corrected chi connectivity index (χ2v) is 7.25. The molecule has 0 spiro atoms. The van der Waals surface area contributed by atoms with Crippen LogP contribution in [0.1, 0.15) is 11.1 Å². The van der Waals surface area contributed by atoms with Crippen LogP contribution in [0.4, 0.5) is 11.6 Å². The molecule has 0 saturated heterocycles. The molecule has 0 atom stereocenters. The van der Waals surface area contributed by atoms with Crippen molar-refractivity contribution in [2.45, 2.75) is 19.0 Å². The molecule has 4 rings (SSSR count). The first-order chi connectivity index (χ1) is 12.9. The van der Waals surface area contributed by atoms with Crippen LogP contribution in [0.5, 0.6) is 0 Å². The standard InChI is InChI=1S/C10H11N3S.C9H9N3S/c1-6-3-4-7-8(5-6)12-10(14-2)13-9(7)11;1-5-2-3-6-7(4-5)11-9(13)12-8(6)10/h3-5H,1-2H3,(H2,11,12,13);2-4H,1H3,(H3,10,11,12,13). The Hall–Kier alpha value is -2.71. The summed E-state index contributed by atoms with van der Waals surface area (Å²) in [6, 6.07) is 11.9. The third kappa shape index (κ3) is 4.35. The van der Waals surface area contributed by atoms with Crippen molar-refractivity contribution in [3.63, 3.8) is 0 Å². The molecule has 8 heteroatoms. The average molecular weight is 397 g/mol. The number of nitrogens with two attached hydrogens (primary N) is 2. The van der Waals surface area contributed by atoms with E-state index in [1.165, 1.54) is 22.9 Å². The van der Waals surface area contributed by atoms with E-state index >= 15 is 0 Å². The molecule has 0 unspecified atom stereocenters. The summed E-state index contributed by atoms with van der Waals surface area (Å²) in [5.74, 6) is 1.04. The zero-order valence-electron chi connectivity index (χ0n) is 15.3. The number of nitrogens with zero attached hydrogens (tertiary/aromatic N) is 3. The number of benzene rings is 2. The van der Waals surface area contributed by atoms with Crippen molar-refractivity contribution in [3.8, 4) is 0 Å². The van der Waals surface area contributed by atoms with Gasteiger partial charge >= 0.3 is 0 Å². The maximum absolute atomic E-state index is 5.82. The van der Waals surface area contributed by atoms with Gasteiger partial charge in [-0.2, -0.15) is 0 Å².